The number of halogens is 1. The van der Waals surface area contributed by atoms with Crippen LogP contribution in [0, 0.1) is 0 Å². The van der Waals surface area contributed by atoms with Crippen molar-refractivity contribution in [3.63, 3.8) is 0 Å². The van der Waals surface area contributed by atoms with E-state index in [0.717, 1.165) is 43.3 Å². The second-order valence-electron chi connectivity index (χ2n) is 4.40. The third-order valence-electron chi connectivity index (χ3n) is 3.21. The Morgan fingerprint density at radius 3 is 2.47 bits per heavy atom. The largest absolute Gasteiger partial charge is 0.337 e. The summed E-state index contributed by atoms with van der Waals surface area (Å²) in [5, 5.41) is 0.807. The lowest BCUT2D eigenvalue weighted by atomic mass is 10.2. The van der Waals surface area contributed by atoms with Gasteiger partial charge in [-0.1, -0.05) is 43.8 Å². The van der Waals surface area contributed by atoms with E-state index in [9.17, 15) is 4.79 Å². The predicted molar refractivity (Wildman–Crippen MR) is 80.2 cm³/mol. The number of amides is 1. The molecule has 1 aliphatic rings. The van der Waals surface area contributed by atoms with Crippen molar-refractivity contribution in [2.24, 2.45) is 0 Å². The molecule has 0 radical (unpaired) electrons. The van der Waals surface area contributed by atoms with Gasteiger partial charge in [0.2, 0.25) is 5.91 Å². The average molecular weight is 281 g/mol. The Balaban J connectivity index is 0.00000180. The molecule has 0 bridgehead atoms. The smallest absolute Gasteiger partial charge is 0.246 e. The van der Waals surface area contributed by atoms with Gasteiger partial charge in [-0.15, -0.1) is 0 Å². The molecule has 0 unspecified atom stereocenters. The molecule has 1 amide bonds. The van der Waals surface area contributed by atoms with Crippen LogP contribution in [0.15, 0.2) is 36.9 Å². The van der Waals surface area contributed by atoms with Crippen LogP contribution in [-0.2, 0) is 11.3 Å². The first-order valence-corrected chi connectivity index (χ1v) is 6.45. The third kappa shape index (κ3) is 4.08. The van der Waals surface area contributed by atoms with Gasteiger partial charge in [-0.3, -0.25) is 9.69 Å². The Bertz CT molecular complexity index is 440. The quantitative estimate of drug-likeness (QED) is 0.795. The highest BCUT2D eigenvalue weighted by molar-refractivity contribution is 6.31. The van der Waals surface area contributed by atoms with Crippen molar-refractivity contribution in [3.05, 3.63) is 47.5 Å². The highest BCUT2D eigenvalue weighted by Gasteiger charge is 2.19. The van der Waals surface area contributed by atoms with E-state index < -0.39 is 0 Å². The maximum Gasteiger partial charge on any atom is 0.246 e. The van der Waals surface area contributed by atoms with Gasteiger partial charge in [0.25, 0.3) is 0 Å². The van der Waals surface area contributed by atoms with E-state index in [1.54, 1.807) is 0 Å². The molecule has 0 N–H and O–H groups in total. The zero-order chi connectivity index (χ0) is 13.0. The Hall–Kier alpha value is -1.32. The standard InChI is InChI=1S/C14H17ClN2O.CH4/c1-2-14(18)17-9-7-16(8-10-17)11-12-5-3-4-6-13(12)15;/h2-6H,1,7-11H2;1H4. The summed E-state index contributed by atoms with van der Waals surface area (Å²) in [4.78, 5) is 15.6. The Kier molecular flexibility index (Phi) is 6.06. The molecular formula is C15H21ClN2O. The highest BCUT2D eigenvalue weighted by atomic mass is 35.5. The van der Waals surface area contributed by atoms with Crippen LogP contribution in [0.1, 0.15) is 13.0 Å². The van der Waals surface area contributed by atoms with Crippen molar-refractivity contribution in [2.45, 2.75) is 14.0 Å². The van der Waals surface area contributed by atoms with Crippen LogP contribution < -0.4 is 0 Å². The van der Waals surface area contributed by atoms with Crippen LogP contribution in [-0.4, -0.2) is 41.9 Å². The zero-order valence-electron chi connectivity index (χ0n) is 10.3. The summed E-state index contributed by atoms with van der Waals surface area (Å²) in [7, 11) is 0. The molecule has 4 heteroatoms. The lowest BCUT2D eigenvalue weighted by Gasteiger charge is -2.34. The number of hydrogen-bond donors (Lipinski definition) is 0. The summed E-state index contributed by atoms with van der Waals surface area (Å²) >= 11 is 6.14. The number of benzene rings is 1. The molecule has 0 atom stereocenters. The normalized spacial score (nSPS) is 15.7. The summed E-state index contributed by atoms with van der Waals surface area (Å²) in [5.74, 6) is 0.0207. The molecule has 1 aromatic carbocycles. The molecule has 19 heavy (non-hydrogen) atoms. The molecule has 1 aromatic rings. The Labute approximate surface area is 120 Å². The summed E-state index contributed by atoms with van der Waals surface area (Å²) in [5.41, 5.74) is 1.14. The molecule has 0 spiro atoms. The molecule has 3 nitrogen and oxygen atoms in total. The number of nitrogens with zero attached hydrogens (tertiary/aromatic N) is 2. The number of carbonyl (C=O) groups excluding carboxylic acids is 1. The van der Waals surface area contributed by atoms with E-state index in [2.05, 4.69) is 11.5 Å². The maximum absolute atomic E-state index is 11.5. The fourth-order valence-corrected chi connectivity index (χ4v) is 2.32. The second-order valence-corrected chi connectivity index (χ2v) is 4.80. The topological polar surface area (TPSA) is 23.6 Å². The molecule has 0 aliphatic carbocycles. The second kappa shape index (κ2) is 7.31. The van der Waals surface area contributed by atoms with Crippen LogP contribution in [0.2, 0.25) is 5.02 Å². The minimum Gasteiger partial charge on any atom is -0.337 e. The monoisotopic (exact) mass is 280 g/mol. The van der Waals surface area contributed by atoms with Crippen LogP contribution in [0.5, 0.6) is 0 Å². The Morgan fingerprint density at radius 1 is 1.26 bits per heavy atom. The first-order valence-electron chi connectivity index (χ1n) is 6.08. The fraction of sp³-hybridized carbons (Fsp3) is 0.400. The molecule has 0 saturated carbocycles. The SMILES string of the molecule is C.C=CC(=O)N1CCN(Cc2ccccc2Cl)CC1. The first kappa shape index (κ1) is 15.7. The number of hydrogen-bond acceptors (Lipinski definition) is 2. The number of carbonyl (C=O) groups is 1. The van der Waals surface area contributed by atoms with Gasteiger partial charge in [0, 0.05) is 37.7 Å². The molecule has 1 fully saturated rings. The molecule has 0 aromatic heterocycles. The van der Waals surface area contributed by atoms with Crippen molar-refractivity contribution in [1.82, 2.24) is 9.80 Å². The average Bonchev–Trinajstić information content (AvgIpc) is 2.41. The van der Waals surface area contributed by atoms with E-state index in [-0.39, 0.29) is 13.3 Å². The highest BCUT2D eigenvalue weighted by Crippen LogP contribution is 2.17. The summed E-state index contributed by atoms with van der Waals surface area (Å²) in [6, 6.07) is 7.89. The van der Waals surface area contributed by atoms with E-state index >= 15 is 0 Å². The van der Waals surface area contributed by atoms with E-state index in [0.29, 0.717) is 0 Å². The van der Waals surface area contributed by atoms with Crippen molar-refractivity contribution in [2.75, 3.05) is 26.2 Å². The van der Waals surface area contributed by atoms with Crippen LogP contribution in [0.25, 0.3) is 0 Å². The summed E-state index contributed by atoms with van der Waals surface area (Å²) in [6.45, 7) is 7.63. The lowest BCUT2D eigenvalue weighted by Crippen LogP contribution is -2.47. The molecule has 1 heterocycles. The number of piperazine rings is 1. The van der Waals surface area contributed by atoms with Gasteiger partial charge in [-0.25, -0.2) is 0 Å². The van der Waals surface area contributed by atoms with Gasteiger partial charge < -0.3 is 4.90 Å². The van der Waals surface area contributed by atoms with Gasteiger partial charge in [-0.05, 0) is 17.7 Å². The van der Waals surface area contributed by atoms with Gasteiger partial charge in [0.05, 0.1) is 0 Å². The molecule has 104 valence electrons. The summed E-state index contributed by atoms with van der Waals surface area (Å²) < 4.78 is 0. The van der Waals surface area contributed by atoms with E-state index in [4.69, 9.17) is 11.6 Å². The summed E-state index contributed by atoms with van der Waals surface area (Å²) in [6.07, 6.45) is 1.38. The van der Waals surface area contributed by atoms with Crippen LogP contribution >= 0.6 is 11.6 Å². The van der Waals surface area contributed by atoms with Crippen molar-refractivity contribution >= 4 is 17.5 Å². The third-order valence-corrected chi connectivity index (χ3v) is 3.58. The van der Waals surface area contributed by atoms with Crippen LogP contribution in [0.4, 0.5) is 0 Å². The van der Waals surface area contributed by atoms with Crippen molar-refractivity contribution in [1.29, 1.82) is 0 Å². The minimum atomic E-state index is 0. The molecule has 2 rings (SSSR count). The van der Waals surface area contributed by atoms with Crippen LogP contribution in [0.3, 0.4) is 0 Å². The van der Waals surface area contributed by atoms with Gasteiger partial charge in [0.15, 0.2) is 0 Å². The lowest BCUT2D eigenvalue weighted by molar-refractivity contribution is -0.127. The molecule has 1 aliphatic heterocycles. The number of rotatable bonds is 3. The van der Waals surface area contributed by atoms with Crippen molar-refractivity contribution in [3.8, 4) is 0 Å². The van der Waals surface area contributed by atoms with Gasteiger partial charge >= 0.3 is 0 Å². The zero-order valence-corrected chi connectivity index (χ0v) is 11.1. The van der Waals surface area contributed by atoms with Gasteiger partial charge in [0.1, 0.15) is 0 Å². The van der Waals surface area contributed by atoms with Crippen molar-refractivity contribution < 1.29 is 4.79 Å². The fourth-order valence-electron chi connectivity index (χ4n) is 2.12. The predicted octanol–water partition coefficient (Wildman–Crippen LogP) is 2.81. The first-order chi connectivity index (χ1) is 8.70. The minimum absolute atomic E-state index is 0. The maximum atomic E-state index is 11.5. The van der Waals surface area contributed by atoms with E-state index in [1.807, 2.05) is 29.2 Å². The van der Waals surface area contributed by atoms with Gasteiger partial charge in [-0.2, -0.15) is 0 Å². The molecular weight excluding hydrogens is 260 g/mol. The Morgan fingerprint density at radius 2 is 1.89 bits per heavy atom. The molecule has 1 saturated heterocycles. The van der Waals surface area contributed by atoms with E-state index in [1.165, 1.54) is 6.08 Å².